The van der Waals surface area contributed by atoms with Crippen molar-refractivity contribution in [2.75, 3.05) is 32.4 Å². The van der Waals surface area contributed by atoms with E-state index in [4.69, 9.17) is 0 Å². The van der Waals surface area contributed by atoms with Crippen molar-refractivity contribution in [1.29, 1.82) is 0 Å². The molecule has 8 nitrogen and oxygen atoms in total. The van der Waals surface area contributed by atoms with Gasteiger partial charge in [-0.3, -0.25) is 4.90 Å². The van der Waals surface area contributed by atoms with Crippen LogP contribution in [-0.2, 0) is 10.0 Å². The molecule has 4 rings (SSSR count). The molecular formula is C16H19N5O3S2. The van der Waals surface area contributed by atoms with E-state index in [0.29, 0.717) is 31.1 Å². The molecule has 1 N–H and O–H groups in total. The van der Waals surface area contributed by atoms with Crippen LogP contribution in [0.2, 0.25) is 0 Å². The van der Waals surface area contributed by atoms with Crippen LogP contribution in [-0.4, -0.2) is 69.8 Å². The minimum Gasteiger partial charge on any atom is -0.492 e. The van der Waals surface area contributed by atoms with Gasteiger partial charge < -0.3 is 5.11 Å². The lowest BCUT2D eigenvalue weighted by molar-refractivity contribution is 0.156. The minimum atomic E-state index is -3.19. The van der Waals surface area contributed by atoms with Crippen LogP contribution in [0.3, 0.4) is 0 Å². The monoisotopic (exact) mass is 393 g/mol. The van der Waals surface area contributed by atoms with E-state index >= 15 is 0 Å². The first-order chi connectivity index (χ1) is 12.4. The van der Waals surface area contributed by atoms with Crippen molar-refractivity contribution in [1.82, 2.24) is 23.8 Å². The number of thiazole rings is 1. The number of piperazine rings is 1. The first-order valence-electron chi connectivity index (χ1n) is 8.20. The van der Waals surface area contributed by atoms with Gasteiger partial charge in [-0.15, -0.1) is 0 Å². The number of sulfonamides is 1. The van der Waals surface area contributed by atoms with Crippen LogP contribution in [0, 0.1) is 0 Å². The zero-order valence-electron chi connectivity index (χ0n) is 14.2. The summed E-state index contributed by atoms with van der Waals surface area (Å²) in [6.45, 7) is 2.03. The number of rotatable bonds is 4. The van der Waals surface area contributed by atoms with Crippen LogP contribution in [0.5, 0.6) is 5.88 Å². The molecule has 0 amide bonds. The van der Waals surface area contributed by atoms with Crippen LogP contribution < -0.4 is 0 Å². The van der Waals surface area contributed by atoms with E-state index in [1.807, 2.05) is 30.3 Å². The predicted octanol–water partition coefficient (Wildman–Crippen LogP) is 1.16. The number of hydrogen-bond acceptors (Lipinski definition) is 7. The Hall–Kier alpha value is -2.01. The summed E-state index contributed by atoms with van der Waals surface area (Å²) in [5.74, 6) is 0.0851. The fourth-order valence-electron chi connectivity index (χ4n) is 3.33. The molecule has 3 aromatic rings. The highest BCUT2D eigenvalue weighted by atomic mass is 32.2. The van der Waals surface area contributed by atoms with E-state index in [9.17, 15) is 13.5 Å². The summed E-state index contributed by atoms with van der Waals surface area (Å²) in [5.41, 5.74) is 1.04. The molecule has 0 unspecified atom stereocenters. The highest BCUT2D eigenvalue weighted by Gasteiger charge is 2.33. The standard InChI is InChI=1S/C16H19N5O3S2/c1-26(23,24)20-9-7-19(8-10-20)13(12-5-3-2-4-6-12)14-15(22)21-16(25-14)17-11-18-21/h2-6,11,13,22H,7-10H2,1H3/t13-/m0/s1. The molecule has 1 atom stereocenters. The second kappa shape index (κ2) is 6.62. The predicted molar refractivity (Wildman–Crippen MR) is 98.8 cm³/mol. The summed E-state index contributed by atoms with van der Waals surface area (Å²) < 4.78 is 26.5. The number of aromatic hydroxyl groups is 1. The zero-order chi connectivity index (χ0) is 18.3. The third-order valence-corrected chi connectivity index (χ3v) is 7.00. The summed E-state index contributed by atoms with van der Waals surface area (Å²) in [4.78, 5) is 7.76. The van der Waals surface area contributed by atoms with Gasteiger partial charge in [-0.25, -0.2) is 13.4 Å². The largest absolute Gasteiger partial charge is 0.492 e. The van der Waals surface area contributed by atoms with Gasteiger partial charge in [0.2, 0.25) is 20.9 Å². The Morgan fingerprint density at radius 1 is 1.15 bits per heavy atom. The van der Waals surface area contributed by atoms with Gasteiger partial charge in [0.25, 0.3) is 0 Å². The van der Waals surface area contributed by atoms with Gasteiger partial charge in [0, 0.05) is 26.2 Å². The Morgan fingerprint density at radius 2 is 1.85 bits per heavy atom. The lowest BCUT2D eigenvalue weighted by atomic mass is 10.0. The van der Waals surface area contributed by atoms with Gasteiger partial charge in [0.1, 0.15) is 6.33 Å². The van der Waals surface area contributed by atoms with Crippen molar-refractivity contribution in [3.8, 4) is 5.88 Å². The molecule has 10 heteroatoms. The highest BCUT2D eigenvalue weighted by molar-refractivity contribution is 7.88. The van der Waals surface area contributed by atoms with Crippen LogP contribution in [0.4, 0.5) is 0 Å². The van der Waals surface area contributed by atoms with Gasteiger partial charge >= 0.3 is 0 Å². The fraction of sp³-hybridized carbons (Fsp3) is 0.375. The average molecular weight is 393 g/mol. The molecule has 1 aliphatic heterocycles. The maximum absolute atomic E-state index is 11.8. The van der Waals surface area contributed by atoms with Gasteiger partial charge in [-0.05, 0) is 5.56 Å². The smallest absolute Gasteiger partial charge is 0.230 e. The average Bonchev–Trinajstić information content (AvgIpc) is 3.20. The van der Waals surface area contributed by atoms with Gasteiger partial charge in [-0.2, -0.15) is 13.9 Å². The normalized spacial score (nSPS) is 18.3. The quantitative estimate of drug-likeness (QED) is 0.715. The van der Waals surface area contributed by atoms with Crippen molar-refractivity contribution in [3.05, 3.63) is 47.1 Å². The molecule has 0 saturated carbocycles. The number of nitrogens with zero attached hydrogens (tertiary/aromatic N) is 5. The Morgan fingerprint density at radius 3 is 2.46 bits per heavy atom. The van der Waals surface area contributed by atoms with Crippen molar-refractivity contribution in [2.45, 2.75) is 6.04 Å². The molecule has 3 heterocycles. The van der Waals surface area contributed by atoms with E-state index < -0.39 is 10.0 Å². The summed E-state index contributed by atoms with van der Waals surface area (Å²) in [5, 5.41) is 14.7. The van der Waals surface area contributed by atoms with E-state index in [0.717, 1.165) is 10.4 Å². The number of hydrogen-bond donors (Lipinski definition) is 1. The van der Waals surface area contributed by atoms with Crippen LogP contribution in [0.15, 0.2) is 36.7 Å². The Balaban J connectivity index is 1.71. The zero-order valence-corrected chi connectivity index (χ0v) is 15.8. The SMILES string of the molecule is CS(=O)(=O)N1CCN([C@@H](c2ccccc2)c2sc3ncnn3c2O)CC1. The van der Waals surface area contributed by atoms with Crippen molar-refractivity contribution in [2.24, 2.45) is 0 Å². The summed E-state index contributed by atoms with van der Waals surface area (Å²) in [6.07, 6.45) is 2.65. The second-order valence-corrected chi connectivity index (χ2v) is 9.25. The number of fused-ring (bicyclic) bond motifs is 1. The van der Waals surface area contributed by atoms with Crippen molar-refractivity contribution < 1.29 is 13.5 Å². The van der Waals surface area contributed by atoms with Gasteiger partial charge in [0.05, 0.1) is 17.2 Å². The molecule has 1 saturated heterocycles. The lowest BCUT2D eigenvalue weighted by Crippen LogP contribution is -2.49. The molecule has 138 valence electrons. The Kier molecular flexibility index (Phi) is 4.43. The van der Waals surface area contributed by atoms with E-state index in [-0.39, 0.29) is 11.9 Å². The maximum atomic E-state index is 11.8. The molecule has 0 spiro atoms. The van der Waals surface area contributed by atoms with Crippen molar-refractivity contribution in [3.63, 3.8) is 0 Å². The topological polar surface area (TPSA) is 91.0 Å². The fourth-order valence-corrected chi connectivity index (χ4v) is 5.25. The molecule has 1 fully saturated rings. The molecule has 0 bridgehead atoms. The van der Waals surface area contributed by atoms with Gasteiger partial charge in [-0.1, -0.05) is 41.7 Å². The molecule has 1 aromatic carbocycles. The number of aromatic nitrogens is 3. The summed E-state index contributed by atoms with van der Waals surface area (Å²) >= 11 is 1.40. The summed E-state index contributed by atoms with van der Waals surface area (Å²) in [6, 6.07) is 9.73. The van der Waals surface area contributed by atoms with E-state index in [1.165, 1.54) is 32.7 Å². The molecule has 1 aliphatic rings. The van der Waals surface area contributed by atoms with Gasteiger partial charge in [0.15, 0.2) is 0 Å². The maximum Gasteiger partial charge on any atom is 0.230 e. The number of benzene rings is 1. The van der Waals surface area contributed by atoms with Crippen LogP contribution >= 0.6 is 11.3 Å². The lowest BCUT2D eigenvalue weighted by Gasteiger charge is -2.38. The third kappa shape index (κ3) is 3.09. The second-order valence-electron chi connectivity index (χ2n) is 6.26. The molecular weight excluding hydrogens is 374 g/mol. The summed E-state index contributed by atoms with van der Waals surface area (Å²) in [7, 11) is -3.19. The Bertz CT molecular complexity index is 1010. The highest BCUT2D eigenvalue weighted by Crippen LogP contribution is 2.39. The van der Waals surface area contributed by atoms with Crippen LogP contribution in [0.25, 0.3) is 4.96 Å². The Labute approximate surface area is 155 Å². The minimum absolute atomic E-state index is 0.0851. The third-order valence-electron chi connectivity index (χ3n) is 4.61. The molecule has 0 aliphatic carbocycles. The first-order valence-corrected chi connectivity index (χ1v) is 10.9. The van der Waals surface area contributed by atoms with Crippen LogP contribution in [0.1, 0.15) is 16.5 Å². The van der Waals surface area contributed by atoms with Crippen molar-refractivity contribution >= 4 is 26.3 Å². The molecule has 2 aromatic heterocycles. The van der Waals surface area contributed by atoms with E-state index in [1.54, 1.807) is 0 Å². The first kappa shape index (κ1) is 17.4. The van der Waals surface area contributed by atoms with E-state index in [2.05, 4.69) is 15.0 Å². The molecule has 0 radical (unpaired) electrons. The molecule has 26 heavy (non-hydrogen) atoms.